The first-order chi connectivity index (χ1) is 11.5. The van der Waals surface area contributed by atoms with Crippen molar-refractivity contribution < 1.29 is 18.9 Å². The van der Waals surface area contributed by atoms with Crippen LogP contribution < -0.4 is 18.9 Å². The van der Waals surface area contributed by atoms with Gasteiger partial charge in [0.15, 0.2) is 0 Å². The second-order valence-electron chi connectivity index (χ2n) is 6.62. The van der Waals surface area contributed by atoms with E-state index in [2.05, 4.69) is 82.5 Å². The molecule has 0 saturated heterocycles. The first kappa shape index (κ1) is 22.0. The molecule has 128 valence electrons. The number of unbranched alkanes of at least 4 members (excludes halogenated alkanes) is 1. The van der Waals surface area contributed by atoms with Gasteiger partial charge in [-0.05, 0) is 61.8 Å². The molecule has 0 aliphatic heterocycles. The zero-order valence-corrected chi connectivity index (χ0v) is 17.5. The Kier molecular flexibility index (Phi) is 9.58. The summed E-state index contributed by atoms with van der Waals surface area (Å²) in [7, 11) is 0. The Morgan fingerprint density at radius 2 is 1.56 bits per heavy atom. The van der Waals surface area contributed by atoms with E-state index < -0.39 is 0 Å². The van der Waals surface area contributed by atoms with Crippen molar-refractivity contribution in [1.29, 1.82) is 0 Å². The van der Waals surface area contributed by atoms with Crippen molar-refractivity contribution >= 4 is 11.8 Å². The molecule has 25 heavy (non-hydrogen) atoms. The third-order valence-electron chi connectivity index (χ3n) is 4.77. The van der Waals surface area contributed by atoms with Crippen molar-refractivity contribution in [2.24, 2.45) is 0 Å². The molecule has 0 saturated carbocycles. The van der Waals surface area contributed by atoms with Crippen LogP contribution in [0.2, 0.25) is 0 Å². The Hall–Kier alpha value is -1.00. The summed E-state index contributed by atoms with van der Waals surface area (Å²) in [4.78, 5) is 1.43. The van der Waals surface area contributed by atoms with E-state index in [1.54, 1.807) is 0 Å². The van der Waals surface area contributed by atoms with Gasteiger partial charge in [0.25, 0.3) is 0 Å². The summed E-state index contributed by atoms with van der Waals surface area (Å²) < 4.78 is 0. The minimum atomic E-state index is 0. The molecule has 0 spiro atoms. The monoisotopic (exact) mass is 344 g/mol. The quantitative estimate of drug-likeness (QED) is 0.312. The van der Waals surface area contributed by atoms with Crippen molar-refractivity contribution in [3.63, 3.8) is 0 Å². The van der Waals surface area contributed by atoms with Crippen LogP contribution in [0.5, 0.6) is 0 Å². The van der Waals surface area contributed by atoms with E-state index in [1.165, 1.54) is 51.5 Å². The molecule has 0 amide bonds. The van der Waals surface area contributed by atoms with E-state index in [0.717, 1.165) is 6.42 Å². The third kappa shape index (κ3) is 6.34. The number of aryl methyl sites for hydroxylation is 2. The van der Waals surface area contributed by atoms with Crippen molar-refractivity contribution in [2.75, 3.05) is 0 Å². The van der Waals surface area contributed by atoms with E-state index >= 15 is 0 Å². The standard InChI is InChI=1S/C23H29S.Li/c1-17(22-13-9-6-10-14-22)12-8-7-11-15-24-23-20(4)18(2)16-19(3)21(23)5;/h6,9-11,13-16H,7-8,12H2,1-5H3;/q-1;+1/b15-11-;. The van der Waals surface area contributed by atoms with Gasteiger partial charge in [-0.15, -0.1) is 12.1 Å². The molecule has 0 aliphatic rings. The smallest absolute Gasteiger partial charge is 0.189 e. The molecule has 2 heteroatoms. The van der Waals surface area contributed by atoms with Gasteiger partial charge in [0, 0.05) is 4.90 Å². The van der Waals surface area contributed by atoms with Gasteiger partial charge in [0.1, 0.15) is 0 Å². The van der Waals surface area contributed by atoms with Gasteiger partial charge in [0.05, 0.1) is 0 Å². The van der Waals surface area contributed by atoms with Gasteiger partial charge in [-0.2, -0.15) is 23.6 Å². The maximum atomic E-state index is 2.32. The maximum absolute atomic E-state index is 2.32. The topological polar surface area (TPSA) is 0 Å². The normalized spacial score (nSPS) is 10.8. The molecule has 2 aromatic carbocycles. The molecule has 0 aliphatic carbocycles. The van der Waals surface area contributed by atoms with Crippen molar-refractivity contribution in [3.8, 4) is 0 Å². The van der Waals surface area contributed by atoms with Gasteiger partial charge in [-0.25, -0.2) is 0 Å². The molecular formula is C23H29LiS. The zero-order valence-electron chi connectivity index (χ0n) is 16.6. The number of benzene rings is 2. The molecule has 0 nitrogen and oxygen atoms in total. The van der Waals surface area contributed by atoms with Crippen molar-refractivity contribution in [2.45, 2.75) is 58.8 Å². The average molecular weight is 344 g/mol. The molecule has 0 atom stereocenters. The molecule has 0 radical (unpaired) electrons. The summed E-state index contributed by atoms with van der Waals surface area (Å²) in [5.41, 5.74) is 6.99. The Morgan fingerprint density at radius 1 is 0.960 bits per heavy atom. The van der Waals surface area contributed by atoms with E-state index in [9.17, 15) is 0 Å². The largest absolute Gasteiger partial charge is 1.00 e. The van der Waals surface area contributed by atoms with Crippen LogP contribution in [-0.4, -0.2) is 0 Å². The summed E-state index contributed by atoms with van der Waals surface area (Å²) in [6, 6.07) is 13.0. The molecule has 0 heterocycles. The van der Waals surface area contributed by atoms with Gasteiger partial charge < -0.3 is 0 Å². The van der Waals surface area contributed by atoms with Crippen LogP contribution in [0.25, 0.3) is 0 Å². The van der Waals surface area contributed by atoms with Crippen molar-refractivity contribution in [3.05, 3.63) is 81.6 Å². The van der Waals surface area contributed by atoms with Gasteiger partial charge in [0.2, 0.25) is 0 Å². The van der Waals surface area contributed by atoms with E-state index in [-0.39, 0.29) is 18.9 Å². The molecule has 0 fully saturated rings. The zero-order chi connectivity index (χ0) is 17.5. The van der Waals surface area contributed by atoms with Crippen LogP contribution in [0.1, 0.15) is 54.0 Å². The van der Waals surface area contributed by atoms with Crippen LogP contribution in [0, 0.1) is 33.6 Å². The fraction of sp³-hybridized carbons (Fsp3) is 0.348. The number of rotatable bonds is 7. The predicted molar refractivity (Wildman–Crippen MR) is 109 cm³/mol. The fourth-order valence-corrected chi connectivity index (χ4v) is 3.94. The average Bonchev–Trinajstić information content (AvgIpc) is 2.59. The minimum Gasteiger partial charge on any atom is -0.189 e. The Balaban J connectivity index is 0.00000312. The fourth-order valence-electron chi connectivity index (χ4n) is 2.89. The van der Waals surface area contributed by atoms with Crippen LogP contribution in [0.15, 0.2) is 52.8 Å². The van der Waals surface area contributed by atoms with Gasteiger partial charge >= 0.3 is 18.9 Å². The second kappa shape index (κ2) is 10.9. The summed E-state index contributed by atoms with van der Waals surface area (Å²) in [5.74, 6) is 1.48. The number of thioether (sulfide) groups is 1. The van der Waals surface area contributed by atoms with E-state index in [1.807, 2.05) is 11.8 Å². The summed E-state index contributed by atoms with van der Waals surface area (Å²) >= 11 is 1.87. The third-order valence-corrected chi connectivity index (χ3v) is 5.95. The molecule has 2 aromatic rings. The van der Waals surface area contributed by atoms with Gasteiger partial charge in [-0.1, -0.05) is 49.7 Å². The molecule has 2 rings (SSSR count). The Bertz CT molecular complexity index is 663. The SMILES string of the molecule is Cc1cc(C)c(C)c(S/C=C\CCC[C-](C)c2ccccc2)c1C.[Li+]. The predicted octanol–water partition coefficient (Wildman–Crippen LogP) is 4.34. The van der Waals surface area contributed by atoms with E-state index in [4.69, 9.17) is 0 Å². The maximum Gasteiger partial charge on any atom is 1.00 e. The summed E-state index contributed by atoms with van der Waals surface area (Å²) in [5, 5.41) is 2.27. The Morgan fingerprint density at radius 3 is 2.16 bits per heavy atom. The minimum absolute atomic E-state index is 0. The summed E-state index contributed by atoms with van der Waals surface area (Å²) in [6.45, 7) is 11.1. The Labute approximate surface area is 170 Å². The van der Waals surface area contributed by atoms with Crippen LogP contribution in [0.4, 0.5) is 0 Å². The van der Waals surface area contributed by atoms with Crippen LogP contribution in [-0.2, 0) is 0 Å². The first-order valence-electron chi connectivity index (χ1n) is 8.77. The number of hydrogen-bond donors (Lipinski definition) is 0. The number of hydrogen-bond acceptors (Lipinski definition) is 1. The van der Waals surface area contributed by atoms with Crippen LogP contribution in [0.3, 0.4) is 0 Å². The van der Waals surface area contributed by atoms with E-state index in [0.29, 0.717) is 0 Å². The molecule has 0 aromatic heterocycles. The number of allylic oxidation sites excluding steroid dienone is 1. The summed E-state index contributed by atoms with van der Waals surface area (Å²) in [6.07, 6.45) is 5.84. The van der Waals surface area contributed by atoms with Crippen molar-refractivity contribution in [1.82, 2.24) is 0 Å². The second-order valence-corrected chi connectivity index (χ2v) is 7.53. The van der Waals surface area contributed by atoms with Gasteiger partial charge in [-0.3, -0.25) is 0 Å². The molecular weight excluding hydrogens is 315 g/mol. The molecule has 0 bridgehead atoms. The van der Waals surface area contributed by atoms with Crippen LogP contribution >= 0.6 is 11.8 Å². The molecule has 0 N–H and O–H groups in total. The first-order valence-corrected chi connectivity index (χ1v) is 9.65. The molecule has 0 unspecified atom stereocenters.